The molecule has 118 valence electrons. The second kappa shape index (κ2) is 5.92. The van der Waals surface area contributed by atoms with Crippen LogP contribution in [0.4, 0.5) is 13.2 Å². The molecule has 0 saturated heterocycles. The number of alkyl halides is 2. The van der Waals surface area contributed by atoms with Crippen molar-refractivity contribution in [2.24, 2.45) is 11.7 Å². The molecule has 2 N–H and O–H groups in total. The van der Waals surface area contributed by atoms with Gasteiger partial charge in [-0.25, -0.2) is 13.2 Å². The minimum absolute atomic E-state index is 0.0216. The van der Waals surface area contributed by atoms with E-state index in [9.17, 15) is 13.2 Å². The summed E-state index contributed by atoms with van der Waals surface area (Å²) in [6.07, 6.45) is 0.415. The topological polar surface area (TPSA) is 56.7 Å². The van der Waals surface area contributed by atoms with Gasteiger partial charge in [0.05, 0.1) is 6.54 Å². The van der Waals surface area contributed by atoms with Gasteiger partial charge >= 0.3 is 0 Å². The Morgan fingerprint density at radius 1 is 1.27 bits per heavy atom. The summed E-state index contributed by atoms with van der Waals surface area (Å²) in [6, 6.07) is 5.90. The smallest absolute Gasteiger partial charge is 0.251 e. The van der Waals surface area contributed by atoms with E-state index in [1.165, 1.54) is 23.9 Å². The normalized spacial score (nSPS) is 19.4. The van der Waals surface area contributed by atoms with Crippen LogP contribution in [-0.2, 0) is 6.54 Å². The number of nitrogens with two attached hydrogens (primary N) is 1. The predicted molar refractivity (Wildman–Crippen MR) is 77.6 cm³/mol. The monoisotopic (exact) mass is 328 g/mol. The van der Waals surface area contributed by atoms with Gasteiger partial charge in [-0.05, 0) is 30.7 Å². The minimum Gasteiger partial charge on any atom is -0.324 e. The first-order valence-corrected chi connectivity index (χ1v) is 7.91. The number of benzene rings is 1. The maximum absolute atomic E-state index is 13.0. The average Bonchev–Trinajstić information content (AvgIpc) is 2.93. The van der Waals surface area contributed by atoms with Crippen molar-refractivity contribution in [3.63, 3.8) is 0 Å². The molecule has 2 aromatic rings. The fourth-order valence-corrected chi connectivity index (χ4v) is 3.27. The highest BCUT2D eigenvalue weighted by Gasteiger charge is 2.55. The Hall–Kier alpha value is -1.54. The molecule has 1 aromatic carbocycles. The standard InChI is InChI=1S/C14H15F3N4S/c15-10-1-3-11(4-2-10)21-12(8-18)19-20-13(21)22-6-5-9-7-14(9,16)17/h1-4,9H,5-8,18H2/t9-/m1/s1. The fourth-order valence-electron chi connectivity index (χ4n) is 2.25. The molecule has 0 unspecified atom stereocenters. The van der Waals surface area contributed by atoms with Crippen LogP contribution in [0.15, 0.2) is 29.4 Å². The van der Waals surface area contributed by atoms with E-state index in [1.54, 1.807) is 16.7 Å². The van der Waals surface area contributed by atoms with Crippen molar-refractivity contribution in [1.82, 2.24) is 14.8 Å². The van der Waals surface area contributed by atoms with Gasteiger partial charge in [-0.3, -0.25) is 4.57 Å². The van der Waals surface area contributed by atoms with Crippen molar-refractivity contribution in [1.29, 1.82) is 0 Å². The third-order valence-electron chi connectivity index (χ3n) is 3.62. The van der Waals surface area contributed by atoms with Crippen LogP contribution < -0.4 is 5.73 Å². The quantitative estimate of drug-likeness (QED) is 0.828. The van der Waals surface area contributed by atoms with Crippen LogP contribution in [0.5, 0.6) is 0 Å². The second-order valence-corrected chi connectivity index (χ2v) is 6.28. The molecule has 1 fully saturated rings. The molecular formula is C14H15F3N4S. The first kappa shape index (κ1) is 15.4. The van der Waals surface area contributed by atoms with Gasteiger partial charge in [-0.2, -0.15) is 0 Å². The van der Waals surface area contributed by atoms with Gasteiger partial charge in [0.15, 0.2) is 11.0 Å². The molecule has 8 heteroatoms. The molecule has 0 amide bonds. The van der Waals surface area contributed by atoms with E-state index in [0.717, 1.165) is 0 Å². The van der Waals surface area contributed by atoms with Gasteiger partial charge in [0.2, 0.25) is 0 Å². The minimum atomic E-state index is -2.49. The van der Waals surface area contributed by atoms with Crippen LogP contribution in [0.25, 0.3) is 5.69 Å². The molecule has 1 aliphatic carbocycles. The van der Waals surface area contributed by atoms with Crippen LogP contribution in [0.3, 0.4) is 0 Å². The molecule has 22 heavy (non-hydrogen) atoms. The van der Waals surface area contributed by atoms with Crippen LogP contribution in [0.1, 0.15) is 18.7 Å². The Kier molecular flexibility index (Phi) is 4.14. The number of thioether (sulfide) groups is 1. The summed E-state index contributed by atoms with van der Waals surface area (Å²) < 4.78 is 40.5. The Labute approximate surface area is 129 Å². The van der Waals surface area contributed by atoms with Gasteiger partial charge in [0.1, 0.15) is 5.82 Å². The first-order chi connectivity index (χ1) is 10.5. The maximum Gasteiger partial charge on any atom is 0.251 e. The summed E-state index contributed by atoms with van der Waals surface area (Å²) in [5.41, 5.74) is 6.35. The number of aromatic nitrogens is 3. The Bertz CT molecular complexity index is 657. The lowest BCUT2D eigenvalue weighted by Gasteiger charge is -2.09. The van der Waals surface area contributed by atoms with Crippen molar-refractivity contribution >= 4 is 11.8 Å². The first-order valence-electron chi connectivity index (χ1n) is 6.92. The van der Waals surface area contributed by atoms with Gasteiger partial charge in [0.25, 0.3) is 5.92 Å². The maximum atomic E-state index is 13.0. The molecule has 3 rings (SSSR count). The van der Waals surface area contributed by atoms with E-state index >= 15 is 0 Å². The summed E-state index contributed by atoms with van der Waals surface area (Å²) in [7, 11) is 0. The predicted octanol–water partition coefficient (Wildman–Crippen LogP) is 3.00. The van der Waals surface area contributed by atoms with Crippen molar-refractivity contribution in [2.45, 2.75) is 30.5 Å². The van der Waals surface area contributed by atoms with Gasteiger partial charge in [-0.1, -0.05) is 11.8 Å². The molecule has 1 aromatic heterocycles. The number of halogens is 3. The van der Waals surface area contributed by atoms with E-state index in [-0.39, 0.29) is 18.8 Å². The Morgan fingerprint density at radius 3 is 2.55 bits per heavy atom. The second-order valence-electron chi connectivity index (χ2n) is 5.21. The highest BCUT2D eigenvalue weighted by molar-refractivity contribution is 7.99. The van der Waals surface area contributed by atoms with Crippen LogP contribution in [-0.4, -0.2) is 26.4 Å². The summed E-state index contributed by atoms with van der Waals surface area (Å²) in [5.74, 6) is -2.27. The zero-order valence-corrected chi connectivity index (χ0v) is 12.5. The highest BCUT2D eigenvalue weighted by Crippen LogP contribution is 2.51. The summed E-state index contributed by atoms with van der Waals surface area (Å²) >= 11 is 1.36. The number of rotatable bonds is 6. The summed E-state index contributed by atoms with van der Waals surface area (Å²) in [4.78, 5) is 0. The Balaban J connectivity index is 1.74. The lowest BCUT2D eigenvalue weighted by Crippen LogP contribution is -2.08. The molecule has 0 radical (unpaired) electrons. The average molecular weight is 328 g/mol. The number of hydrogen-bond donors (Lipinski definition) is 1. The fraction of sp³-hybridized carbons (Fsp3) is 0.429. The molecule has 1 aliphatic rings. The van der Waals surface area contributed by atoms with Crippen LogP contribution >= 0.6 is 11.8 Å². The molecule has 1 atom stereocenters. The number of hydrogen-bond acceptors (Lipinski definition) is 4. The largest absolute Gasteiger partial charge is 0.324 e. The molecule has 1 heterocycles. The lowest BCUT2D eigenvalue weighted by molar-refractivity contribution is 0.0983. The van der Waals surface area contributed by atoms with E-state index in [4.69, 9.17) is 5.73 Å². The molecular weight excluding hydrogens is 313 g/mol. The third-order valence-corrected chi connectivity index (χ3v) is 4.58. The summed E-state index contributed by atoms with van der Waals surface area (Å²) in [5, 5.41) is 8.63. The highest BCUT2D eigenvalue weighted by atomic mass is 32.2. The zero-order chi connectivity index (χ0) is 15.7. The van der Waals surface area contributed by atoms with Crippen molar-refractivity contribution in [2.75, 3.05) is 5.75 Å². The molecule has 1 saturated carbocycles. The van der Waals surface area contributed by atoms with Crippen molar-refractivity contribution < 1.29 is 13.2 Å². The molecule has 0 bridgehead atoms. The Morgan fingerprint density at radius 2 is 1.95 bits per heavy atom. The van der Waals surface area contributed by atoms with Gasteiger partial charge in [0, 0.05) is 23.8 Å². The summed E-state index contributed by atoms with van der Waals surface area (Å²) in [6.45, 7) is 0.186. The van der Waals surface area contributed by atoms with Crippen LogP contribution in [0, 0.1) is 11.7 Å². The van der Waals surface area contributed by atoms with E-state index in [2.05, 4.69) is 10.2 Å². The van der Waals surface area contributed by atoms with Crippen LogP contribution in [0.2, 0.25) is 0 Å². The van der Waals surface area contributed by atoms with E-state index in [0.29, 0.717) is 28.8 Å². The van der Waals surface area contributed by atoms with E-state index < -0.39 is 11.8 Å². The van der Waals surface area contributed by atoms with E-state index in [1.807, 2.05) is 0 Å². The van der Waals surface area contributed by atoms with Gasteiger partial charge in [-0.15, -0.1) is 10.2 Å². The molecule has 4 nitrogen and oxygen atoms in total. The zero-order valence-electron chi connectivity index (χ0n) is 11.7. The third kappa shape index (κ3) is 3.12. The molecule has 0 spiro atoms. The SMILES string of the molecule is NCc1nnc(SCC[C@@H]2CC2(F)F)n1-c1ccc(F)cc1. The van der Waals surface area contributed by atoms with Crippen molar-refractivity contribution in [3.05, 3.63) is 35.9 Å². The molecule has 0 aliphatic heterocycles. The van der Waals surface area contributed by atoms with Gasteiger partial charge < -0.3 is 5.73 Å². The van der Waals surface area contributed by atoms with Crippen molar-refractivity contribution in [3.8, 4) is 5.69 Å². The number of nitrogens with zero attached hydrogens (tertiary/aromatic N) is 3. The lowest BCUT2D eigenvalue weighted by atomic mass is 10.3.